The minimum absolute atomic E-state index is 0.0608. The van der Waals surface area contributed by atoms with E-state index < -0.39 is 0 Å². The lowest BCUT2D eigenvalue weighted by Crippen LogP contribution is -2.46. The Kier molecular flexibility index (Phi) is 7.82. The van der Waals surface area contributed by atoms with Crippen molar-refractivity contribution >= 4 is 6.09 Å². The molecule has 1 aliphatic carbocycles. The lowest BCUT2D eigenvalue weighted by molar-refractivity contribution is -0.0464. The van der Waals surface area contributed by atoms with Gasteiger partial charge in [0.2, 0.25) is 0 Å². The molecule has 1 saturated carbocycles. The van der Waals surface area contributed by atoms with Crippen LogP contribution >= 0.6 is 0 Å². The highest BCUT2D eigenvalue weighted by atomic mass is 16.5. The molecule has 1 heterocycles. The maximum atomic E-state index is 12.5. The minimum atomic E-state index is -0.301. The molecule has 0 N–H and O–H groups in total. The molecule has 2 aliphatic rings. The van der Waals surface area contributed by atoms with Gasteiger partial charge >= 0.3 is 6.09 Å². The van der Waals surface area contributed by atoms with Crippen LogP contribution in [0.5, 0.6) is 0 Å². The van der Waals surface area contributed by atoms with Crippen LogP contribution in [0.25, 0.3) is 0 Å². The summed E-state index contributed by atoms with van der Waals surface area (Å²) in [4.78, 5) is 14.3. The highest BCUT2D eigenvalue weighted by Gasteiger charge is 2.43. The Balaban J connectivity index is 1.34. The fourth-order valence-electron chi connectivity index (χ4n) is 5.20. The fraction of sp³-hybridized carbons (Fsp3) is 0.519. The number of carbonyl (C=O) groups excluding carboxylic acids is 1. The highest BCUT2D eigenvalue weighted by Crippen LogP contribution is 2.35. The molecular weight excluding hydrogens is 402 g/mol. The molecule has 0 aromatic heterocycles. The minimum Gasteiger partial charge on any atom is -0.453 e. The molecule has 4 rings (SSSR count). The molecule has 172 valence electrons. The van der Waals surface area contributed by atoms with Crippen LogP contribution in [0.15, 0.2) is 60.7 Å². The zero-order valence-corrected chi connectivity index (χ0v) is 19.2. The van der Waals surface area contributed by atoms with E-state index in [1.54, 1.807) is 0 Å². The highest BCUT2D eigenvalue weighted by molar-refractivity contribution is 5.69. The third kappa shape index (κ3) is 5.51. The normalized spacial score (nSPS) is 27.9. The summed E-state index contributed by atoms with van der Waals surface area (Å²) in [5.74, 6) is 0.621. The molecule has 1 amide bonds. The van der Waals surface area contributed by atoms with Crippen molar-refractivity contribution in [2.24, 2.45) is 0 Å². The molecule has 1 unspecified atom stereocenters. The van der Waals surface area contributed by atoms with Crippen LogP contribution in [0.4, 0.5) is 4.79 Å². The summed E-state index contributed by atoms with van der Waals surface area (Å²) in [5, 5.41) is 0. The van der Waals surface area contributed by atoms with Gasteiger partial charge in [0.1, 0.15) is 0 Å². The topological polar surface area (TPSA) is 48.0 Å². The molecule has 2 aromatic carbocycles. The largest absolute Gasteiger partial charge is 0.453 e. The number of nitrogens with zero attached hydrogens (tertiary/aromatic N) is 1. The predicted molar refractivity (Wildman–Crippen MR) is 125 cm³/mol. The van der Waals surface area contributed by atoms with Crippen molar-refractivity contribution in [2.75, 3.05) is 13.7 Å². The van der Waals surface area contributed by atoms with Crippen LogP contribution in [0.3, 0.4) is 0 Å². The van der Waals surface area contributed by atoms with Gasteiger partial charge in [-0.25, -0.2) is 4.79 Å². The van der Waals surface area contributed by atoms with E-state index in [9.17, 15) is 4.79 Å². The fourth-order valence-corrected chi connectivity index (χ4v) is 5.20. The molecule has 0 radical (unpaired) electrons. The average molecular weight is 438 g/mol. The molecule has 0 bridgehead atoms. The molecule has 0 spiro atoms. The van der Waals surface area contributed by atoms with Gasteiger partial charge in [-0.1, -0.05) is 60.7 Å². The summed E-state index contributed by atoms with van der Waals surface area (Å²) in [6.07, 6.45) is 5.05. The second-order valence-corrected chi connectivity index (χ2v) is 9.08. The smallest absolute Gasteiger partial charge is 0.410 e. The quantitative estimate of drug-likeness (QED) is 0.570. The first kappa shape index (κ1) is 22.8. The van der Waals surface area contributed by atoms with Gasteiger partial charge in [-0.05, 0) is 56.1 Å². The number of hydrogen-bond donors (Lipinski definition) is 0. The molecule has 5 heteroatoms. The van der Waals surface area contributed by atoms with Crippen molar-refractivity contribution in [3.63, 3.8) is 0 Å². The zero-order valence-electron chi connectivity index (χ0n) is 19.2. The third-order valence-electron chi connectivity index (χ3n) is 6.97. The number of benzene rings is 2. The van der Waals surface area contributed by atoms with Crippen molar-refractivity contribution in [3.8, 4) is 0 Å². The maximum Gasteiger partial charge on any atom is 0.410 e. The average Bonchev–Trinajstić information content (AvgIpc) is 3.17. The Morgan fingerprint density at radius 2 is 1.59 bits per heavy atom. The van der Waals surface area contributed by atoms with Gasteiger partial charge in [-0.15, -0.1) is 0 Å². The Labute approximate surface area is 191 Å². The van der Waals surface area contributed by atoms with Crippen LogP contribution in [-0.2, 0) is 20.8 Å². The molecule has 2 aromatic rings. The number of carbonyl (C=O) groups is 1. The van der Waals surface area contributed by atoms with E-state index in [1.807, 2.05) is 23.1 Å². The number of amides is 1. The molecule has 2 fully saturated rings. The van der Waals surface area contributed by atoms with Crippen molar-refractivity contribution in [2.45, 2.75) is 75.8 Å². The summed E-state index contributed by atoms with van der Waals surface area (Å²) >= 11 is 0. The molecule has 1 aliphatic heterocycles. The van der Waals surface area contributed by atoms with E-state index in [4.69, 9.17) is 14.2 Å². The van der Waals surface area contributed by atoms with E-state index in [0.717, 1.165) is 37.7 Å². The van der Waals surface area contributed by atoms with E-state index in [-0.39, 0.29) is 30.4 Å². The second-order valence-electron chi connectivity index (χ2n) is 9.08. The molecule has 5 nitrogen and oxygen atoms in total. The van der Waals surface area contributed by atoms with Crippen molar-refractivity contribution in [1.82, 2.24) is 4.90 Å². The molecular formula is C27H35NO4. The van der Waals surface area contributed by atoms with E-state index in [1.165, 1.54) is 12.7 Å². The first-order valence-electron chi connectivity index (χ1n) is 11.8. The van der Waals surface area contributed by atoms with Crippen molar-refractivity contribution in [3.05, 3.63) is 71.8 Å². The van der Waals surface area contributed by atoms with Crippen molar-refractivity contribution in [1.29, 1.82) is 0 Å². The number of methoxy groups -OCH3 is 1. The van der Waals surface area contributed by atoms with E-state index in [0.29, 0.717) is 19.1 Å². The van der Waals surface area contributed by atoms with Gasteiger partial charge in [0, 0.05) is 6.04 Å². The Morgan fingerprint density at radius 3 is 2.25 bits per heavy atom. The first-order chi connectivity index (χ1) is 15.7. The number of rotatable bonds is 7. The van der Waals surface area contributed by atoms with Gasteiger partial charge in [0.15, 0.2) is 0 Å². The number of hydrogen-bond acceptors (Lipinski definition) is 4. The van der Waals surface area contributed by atoms with Gasteiger partial charge < -0.3 is 14.2 Å². The second kappa shape index (κ2) is 11.0. The first-order valence-corrected chi connectivity index (χ1v) is 11.8. The third-order valence-corrected chi connectivity index (χ3v) is 6.97. The van der Waals surface area contributed by atoms with Crippen LogP contribution in [-0.4, -0.2) is 49.0 Å². The van der Waals surface area contributed by atoms with Crippen LogP contribution in [0, 0.1) is 0 Å². The molecule has 32 heavy (non-hydrogen) atoms. The lowest BCUT2D eigenvalue weighted by Gasteiger charge is -2.33. The molecule has 1 saturated heterocycles. The summed E-state index contributed by atoms with van der Waals surface area (Å²) in [6.45, 7) is 3.08. The monoisotopic (exact) mass is 437 g/mol. The molecule has 3 atom stereocenters. The maximum absolute atomic E-state index is 12.5. The standard InChI is InChI=1S/C27H35NO4/c1-20-17-26(32-18-21-9-5-3-6-10-21)25(28(20)27(29)30-2)19-31-24-15-13-23(14-16-24)22-11-7-4-8-12-22/h3-12,20,23-26H,13-19H2,1-2H3/t20-,23?,24?,25+,26?/m1/s1. The Morgan fingerprint density at radius 1 is 0.938 bits per heavy atom. The SMILES string of the molecule is COC(=O)N1[C@H](C)CC(OCc2ccccc2)[C@@H]1COC1CCC(c2ccccc2)CC1. The lowest BCUT2D eigenvalue weighted by atomic mass is 9.83. The summed E-state index contributed by atoms with van der Waals surface area (Å²) < 4.78 is 17.7. The zero-order chi connectivity index (χ0) is 22.3. The van der Waals surface area contributed by atoms with Crippen molar-refractivity contribution < 1.29 is 19.0 Å². The van der Waals surface area contributed by atoms with Crippen LogP contribution in [0.1, 0.15) is 56.1 Å². The van der Waals surface area contributed by atoms with Gasteiger partial charge in [-0.2, -0.15) is 0 Å². The van der Waals surface area contributed by atoms with Gasteiger partial charge in [0.05, 0.1) is 38.6 Å². The Bertz CT molecular complexity index is 835. The summed E-state index contributed by atoms with van der Waals surface area (Å²) in [7, 11) is 1.44. The van der Waals surface area contributed by atoms with Gasteiger partial charge in [0.25, 0.3) is 0 Å². The van der Waals surface area contributed by atoms with E-state index >= 15 is 0 Å². The number of likely N-dealkylation sites (tertiary alicyclic amines) is 1. The summed E-state index contributed by atoms with van der Waals surface area (Å²) in [5.41, 5.74) is 2.57. The predicted octanol–water partition coefficient (Wildman–Crippen LogP) is 5.54. The summed E-state index contributed by atoms with van der Waals surface area (Å²) in [6, 6.07) is 20.9. The van der Waals surface area contributed by atoms with E-state index in [2.05, 4.69) is 49.4 Å². The number of ether oxygens (including phenoxy) is 3. The van der Waals surface area contributed by atoms with Gasteiger partial charge in [-0.3, -0.25) is 4.90 Å². The van der Waals surface area contributed by atoms with Crippen LogP contribution in [0.2, 0.25) is 0 Å². The Hall–Kier alpha value is -2.37. The van der Waals surface area contributed by atoms with Crippen LogP contribution < -0.4 is 0 Å².